The topological polar surface area (TPSA) is 107 Å². The molecule has 4 rings (SSSR count). The summed E-state index contributed by atoms with van der Waals surface area (Å²) in [5.74, 6) is -3.63. The highest BCUT2D eigenvalue weighted by Crippen LogP contribution is 2.64. The Morgan fingerprint density at radius 2 is 1.94 bits per heavy atom. The molecule has 3 heterocycles. The van der Waals surface area contributed by atoms with Crippen LogP contribution in [0.5, 0.6) is 0 Å². The van der Waals surface area contributed by atoms with Crippen molar-refractivity contribution in [3.05, 3.63) is 12.7 Å². The molecule has 34 heavy (non-hydrogen) atoms. The Balaban J connectivity index is 1.83. The summed E-state index contributed by atoms with van der Waals surface area (Å²) in [7, 11) is 0. The number of carbonyl (C=O) groups is 3. The molecule has 2 bridgehead atoms. The lowest BCUT2D eigenvalue weighted by atomic mass is 9.65. The van der Waals surface area contributed by atoms with E-state index in [9.17, 15) is 24.6 Å². The van der Waals surface area contributed by atoms with E-state index in [0.717, 1.165) is 32.1 Å². The highest BCUT2D eigenvalue weighted by Gasteiger charge is 2.79. The molecular formula is C26H40N2O6. The predicted octanol–water partition coefficient (Wildman–Crippen LogP) is 2.59. The summed E-state index contributed by atoms with van der Waals surface area (Å²) in [6.07, 6.45) is 8.23. The zero-order chi connectivity index (χ0) is 24.8. The van der Waals surface area contributed by atoms with Crippen LogP contribution in [0.25, 0.3) is 0 Å². The van der Waals surface area contributed by atoms with Crippen molar-refractivity contribution in [1.29, 1.82) is 0 Å². The largest absolute Gasteiger partial charge is 0.481 e. The van der Waals surface area contributed by atoms with Gasteiger partial charge in [0.05, 0.1) is 24.2 Å². The van der Waals surface area contributed by atoms with Crippen molar-refractivity contribution in [3.8, 4) is 0 Å². The van der Waals surface area contributed by atoms with Crippen molar-refractivity contribution in [3.63, 3.8) is 0 Å². The number of carbonyl (C=O) groups excluding carboxylic acids is 2. The molecule has 0 aromatic carbocycles. The Kier molecular flexibility index (Phi) is 6.86. The quantitative estimate of drug-likeness (QED) is 0.496. The molecule has 2 unspecified atom stereocenters. The first-order valence-corrected chi connectivity index (χ1v) is 13.0. The average molecular weight is 477 g/mol. The third kappa shape index (κ3) is 3.51. The maximum absolute atomic E-state index is 14.4. The first-order chi connectivity index (χ1) is 16.2. The maximum Gasteiger partial charge on any atom is 0.310 e. The number of carboxylic acids is 1. The van der Waals surface area contributed by atoms with Crippen molar-refractivity contribution in [2.24, 2.45) is 17.8 Å². The monoisotopic (exact) mass is 476 g/mol. The number of carboxylic acid groups (broad SMARTS) is 1. The Morgan fingerprint density at radius 3 is 2.47 bits per heavy atom. The molecule has 0 aromatic rings. The van der Waals surface area contributed by atoms with Crippen molar-refractivity contribution in [2.75, 3.05) is 13.2 Å². The van der Waals surface area contributed by atoms with Crippen LogP contribution in [0.3, 0.4) is 0 Å². The van der Waals surface area contributed by atoms with E-state index in [1.165, 1.54) is 4.90 Å². The van der Waals surface area contributed by atoms with Crippen molar-refractivity contribution in [2.45, 2.75) is 101 Å². The zero-order valence-corrected chi connectivity index (χ0v) is 20.7. The number of likely N-dealkylation sites (tertiary alicyclic amines) is 1. The summed E-state index contributed by atoms with van der Waals surface area (Å²) in [4.78, 5) is 44.2. The molecule has 8 heteroatoms. The molecule has 2 amide bonds. The standard InChI is InChI=1S/C26H40N2O6/c1-5-14-27(17-10-8-7-9-11-17)23(31)21-26-13-12-25(6-2,34-26)20(24(32)33)19(26)22(30)28(21)18(15-29)16(3)4/h5,16-21,29H,1,6-15H2,2-4H3,(H,32,33)/t18-,19-,20+,21?,25-,26?/m0/s1. The average Bonchev–Trinajstić information content (AvgIpc) is 3.42. The second kappa shape index (κ2) is 9.26. The number of aliphatic hydroxyl groups is 1. The van der Waals surface area contributed by atoms with Gasteiger partial charge < -0.3 is 24.7 Å². The van der Waals surface area contributed by atoms with Gasteiger partial charge in [-0.1, -0.05) is 46.1 Å². The Labute approximate surface area is 202 Å². The van der Waals surface area contributed by atoms with Gasteiger partial charge in [-0.3, -0.25) is 14.4 Å². The molecule has 1 spiro atoms. The number of hydrogen-bond acceptors (Lipinski definition) is 5. The lowest BCUT2D eigenvalue weighted by Gasteiger charge is -2.43. The maximum atomic E-state index is 14.4. The summed E-state index contributed by atoms with van der Waals surface area (Å²) >= 11 is 0. The summed E-state index contributed by atoms with van der Waals surface area (Å²) in [6, 6.07) is -1.47. The van der Waals surface area contributed by atoms with Crippen LogP contribution in [-0.4, -0.2) is 80.3 Å². The zero-order valence-electron chi connectivity index (χ0n) is 20.7. The van der Waals surface area contributed by atoms with E-state index in [-0.39, 0.29) is 30.4 Å². The van der Waals surface area contributed by atoms with E-state index in [0.29, 0.717) is 25.8 Å². The number of aliphatic carboxylic acids is 1. The normalized spacial score (nSPS) is 36.1. The molecule has 6 atom stereocenters. The second-order valence-corrected chi connectivity index (χ2v) is 11.0. The first kappa shape index (κ1) is 25.2. The highest BCUT2D eigenvalue weighted by molar-refractivity contribution is 5.98. The van der Waals surface area contributed by atoms with Crippen LogP contribution < -0.4 is 0 Å². The number of amides is 2. The molecule has 1 saturated carbocycles. The van der Waals surface area contributed by atoms with E-state index in [2.05, 4.69) is 6.58 Å². The van der Waals surface area contributed by atoms with E-state index >= 15 is 0 Å². The van der Waals surface area contributed by atoms with Crippen molar-refractivity contribution in [1.82, 2.24) is 9.80 Å². The number of nitrogens with zero attached hydrogens (tertiary/aromatic N) is 2. The summed E-state index contributed by atoms with van der Waals surface area (Å²) in [6.45, 7) is 9.65. The van der Waals surface area contributed by atoms with Crippen molar-refractivity contribution < 1.29 is 29.3 Å². The van der Waals surface area contributed by atoms with Gasteiger partial charge in [0.15, 0.2) is 0 Å². The lowest BCUT2D eigenvalue weighted by molar-refractivity contribution is -0.162. The minimum absolute atomic E-state index is 0.0623. The molecule has 4 fully saturated rings. The van der Waals surface area contributed by atoms with E-state index in [1.807, 2.05) is 25.7 Å². The second-order valence-electron chi connectivity index (χ2n) is 11.0. The van der Waals surface area contributed by atoms with Gasteiger partial charge in [-0.05, 0) is 38.0 Å². The van der Waals surface area contributed by atoms with Gasteiger partial charge in [-0.25, -0.2) is 0 Å². The van der Waals surface area contributed by atoms with Crippen LogP contribution in [0.15, 0.2) is 12.7 Å². The summed E-state index contributed by atoms with van der Waals surface area (Å²) in [5, 5.41) is 20.5. The predicted molar refractivity (Wildman–Crippen MR) is 126 cm³/mol. The fraction of sp³-hybridized carbons (Fsp3) is 0.808. The van der Waals surface area contributed by atoms with E-state index in [1.54, 1.807) is 6.08 Å². The van der Waals surface area contributed by atoms with Gasteiger partial charge in [0.1, 0.15) is 17.6 Å². The van der Waals surface area contributed by atoms with Crippen LogP contribution >= 0.6 is 0 Å². The molecule has 2 N–H and O–H groups in total. The van der Waals surface area contributed by atoms with Crippen LogP contribution in [0.2, 0.25) is 0 Å². The summed E-state index contributed by atoms with van der Waals surface area (Å²) in [5.41, 5.74) is -2.11. The smallest absolute Gasteiger partial charge is 0.310 e. The molecular weight excluding hydrogens is 436 g/mol. The highest BCUT2D eigenvalue weighted by atomic mass is 16.5. The fourth-order valence-electron chi connectivity index (χ4n) is 7.40. The number of fused-ring (bicyclic) bond motifs is 1. The molecule has 1 aliphatic carbocycles. The van der Waals surface area contributed by atoms with Gasteiger partial charge in [0.25, 0.3) is 0 Å². The molecule has 3 saturated heterocycles. The van der Waals surface area contributed by atoms with E-state index in [4.69, 9.17) is 4.74 Å². The Morgan fingerprint density at radius 1 is 1.26 bits per heavy atom. The molecule has 4 aliphatic rings. The third-order valence-electron chi connectivity index (χ3n) is 9.06. The van der Waals surface area contributed by atoms with Gasteiger partial charge in [0.2, 0.25) is 11.8 Å². The Hall–Kier alpha value is -1.93. The summed E-state index contributed by atoms with van der Waals surface area (Å²) < 4.78 is 6.62. The molecule has 3 aliphatic heterocycles. The number of hydrogen-bond donors (Lipinski definition) is 2. The fourth-order valence-corrected chi connectivity index (χ4v) is 7.40. The van der Waals surface area contributed by atoms with E-state index < -0.39 is 41.1 Å². The molecule has 0 radical (unpaired) electrons. The molecule has 190 valence electrons. The van der Waals surface area contributed by atoms with Crippen LogP contribution in [0, 0.1) is 17.8 Å². The van der Waals surface area contributed by atoms with Crippen LogP contribution in [0.4, 0.5) is 0 Å². The lowest BCUT2D eigenvalue weighted by Crippen LogP contribution is -2.61. The van der Waals surface area contributed by atoms with Gasteiger partial charge in [-0.2, -0.15) is 0 Å². The minimum atomic E-state index is -1.18. The number of ether oxygens (including phenoxy) is 1. The van der Waals surface area contributed by atoms with Crippen LogP contribution in [-0.2, 0) is 19.1 Å². The first-order valence-electron chi connectivity index (χ1n) is 13.0. The van der Waals surface area contributed by atoms with Crippen LogP contribution in [0.1, 0.15) is 72.1 Å². The van der Waals surface area contributed by atoms with Crippen molar-refractivity contribution >= 4 is 17.8 Å². The number of aliphatic hydroxyl groups excluding tert-OH is 1. The molecule has 0 aromatic heterocycles. The minimum Gasteiger partial charge on any atom is -0.481 e. The molecule has 8 nitrogen and oxygen atoms in total. The SMILES string of the molecule is C=CCN(C(=O)C1N([C@@H](CO)C(C)C)C(=O)[C@@H]2[C@H](C(=O)O)[C@]3(CC)CCC12O3)C1CCCCC1. The third-order valence-corrected chi connectivity index (χ3v) is 9.06. The number of rotatable bonds is 9. The van der Waals surface area contributed by atoms with Gasteiger partial charge in [0, 0.05) is 12.6 Å². The van der Waals surface area contributed by atoms with Gasteiger partial charge >= 0.3 is 5.97 Å². The van der Waals surface area contributed by atoms with Gasteiger partial charge in [-0.15, -0.1) is 6.58 Å². The Bertz CT molecular complexity index is 839.